The van der Waals surface area contributed by atoms with Gasteiger partial charge in [-0.05, 0) is 48.1 Å². The van der Waals surface area contributed by atoms with Crippen molar-refractivity contribution in [1.29, 1.82) is 0 Å². The number of benzene rings is 1. The summed E-state index contributed by atoms with van der Waals surface area (Å²) < 4.78 is 5.45. The maximum absolute atomic E-state index is 13.0. The number of carbonyl (C=O) groups excluding carboxylic acids is 2. The summed E-state index contributed by atoms with van der Waals surface area (Å²) in [6.45, 7) is 7.32. The molecule has 0 fully saturated rings. The topological polar surface area (TPSA) is 55.4 Å². The van der Waals surface area contributed by atoms with Gasteiger partial charge in [-0.15, -0.1) is 0 Å². The summed E-state index contributed by atoms with van der Waals surface area (Å²) in [7, 11) is 0. The number of hydrogen-bond donors (Lipinski definition) is 1. The predicted molar refractivity (Wildman–Crippen MR) is 97.4 cm³/mol. The lowest BCUT2D eigenvalue weighted by atomic mass is 9.72. The highest BCUT2D eigenvalue weighted by Crippen LogP contribution is 2.42. The number of Topliss-reactive ketones (excluding diaryl/α,β-unsaturated/α-hetero) is 1. The van der Waals surface area contributed by atoms with Crippen molar-refractivity contribution in [3.63, 3.8) is 0 Å². The van der Waals surface area contributed by atoms with Crippen molar-refractivity contribution in [3.05, 3.63) is 70.5 Å². The lowest BCUT2D eigenvalue weighted by Gasteiger charge is -2.35. The Hall–Kier alpha value is -2.62. The Morgan fingerprint density at radius 2 is 1.84 bits per heavy atom. The second kappa shape index (κ2) is 6.71. The molecule has 0 aromatic heterocycles. The van der Waals surface area contributed by atoms with Gasteiger partial charge >= 0.3 is 0 Å². The molecule has 0 saturated carbocycles. The van der Waals surface area contributed by atoms with Crippen molar-refractivity contribution in [2.75, 3.05) is 13.2 Å². The molecule has 1 N–H and O–H groups in total. The highest BCUT2D eigenvalue weighted by Gasteiger charge is 2.33. The maximum Gasteiger partial charge on any atom is 0.251 e. The van der Waals surface area contributed by atoms with Crippen molar-refractivity contribution in [3.8, 4) is 0 Å². The van der Waals surface area contributed by atoms with Crippen molar-refractivity contribution in [1.82, 2.24) is 5.32 Å². The number of allylic oxidation sites excluding steroid dienone is 4. The van der Waals surface area contributed by atoms with E-state index < -0.39 is 0 Å². The van der Waals surface area contributed by atoms with E-state index in [1.165, 1.54) is 5.57 Å². The third-order valence-corrected chi connectivity index (χ3v) is 4.80. The Morgan fingerprint density at radius 3 is 2.52 bits per heavy atom. The zero-order valence-corrected chi connectivity index (χ0v) is 14.9. The number of nitrogens with one attached hydrogen (secondary N) is 1. The summed E-state index contributed by atoms with van der Waals surface area (Å²) in [5.41, 5.74) is 4.00. The molecule has 2 aliphatic rings. The molecule has 1 aromatic rings. The van der Waals surface area contributed by atoms with Gasteiger partial charge in [-0.1, -0.05) is 32.1 Å². The monoisotopic (exact) mass is 337 g/mol. The Morgan fingerprint density at radius 1 is 1.16 bits per heavy atom. The number of rotatable bonds is 4. The molecular weight excluding hydrogens is 314 g/mol. The number of amides is 1. The van der Waals surface area contributed by atoms with Crippen LogP contribution in [0.2, 0.25) is 0 Å². The minimum atomic E-state index is -0.127. The van der Waals surface area contributed by atoms with Crippen LogP contribution in [0, 0.1) is 5.41 Å². The van der Waals surface area contributed by atoms with Gasteiger partial charge in [0.05, 0.1) is 6.26 Å². The number of carbonyl (C=O) groups is 2. The molecule has 1 heterocycles. The fraction of sp³-hybridized carbons (Fsp3) is 0.333. The van der Waals surface area contributed by atoms with E-state index in [-0.39, 0.29) is 17.1 Å². The van der Waals surface area contributed by atoms with E-state index in [9.17, 15) is 9.59 Å². The zero-order valence-electron chi connectivity index (χ0n) is 14.9. The Kier molecular flexibility index (Phi) is 4.62. The van der Waals surface area contributed by atoms with Gasteiger partial charge < -0.3 is 10.1 Å². The van der Waals surface area contributed by atoms with Gasteiger partial charge in [0.2, 0.25) is 0 Å². The van der Waals surface area contributed by atoms with Crippen LogP contribution in [-0.4, -0.2) is 24.8 Å². The fourth-order valence-electron chi connectivity index (χ4n) is 3.23. The van der Waals surface area contributed by atoms with Crippen LogP contribution < -0.4 is 5.32 Å². The fourth-order valence-corrected chi connectivity index (χ4v) is 3.23. The van der Waals surface area contributed by atoms with Gasteiger partial charge in [-0.3, -0.25) is 9.59 Å². The second-order valence-corrected chi connectivity index (χ2v) is 6.98. The van der Waals surface area contributed by atoms with Gasteiger partial charge in [-0.2, -0.15) is 0 Å². The van der Waals surface area contributed by atoms with Crippen LogP contribution in [0.1, 0.15) is 47.9 Å². The molecule has 3 rings (SSSR count). The van der Waals surface area contributed by atoms with Gasteiger partial charge in [0.1, 0.15) is 6.61 Å². The zero-order chi connectivity index (χ0) is 18.0. The molecule has 1 amide bonds. The third kappa shape index (κ3) is 3.29. The Balaban J connectivity index is 1.88. The molecule has 0 atom stereocenters. The third-order valence-electron chi connectivity index (χ3n) is 4.80. The van der Waals surface area contributed by atoms with Crippen LogP contribution in [0.15, 0.2) is 59.4 Å². The molecule has 0 bridgehead atoms. The summed E-state index contributed by atoms with van der Waals surface area (Å²) >= 11 is 0. The van der Waals surface area contributed by atoms with E-state index in [4.69, 9.17) is 4.74 Å². The Bertz CT molecular complexity index is 795. The normalized spacial score (nSPS) is 18.1. The molecule has 130 valence electrons. The van der Waals surface area contributed by atoms with Gasteiger partial charge in [0.25, 0.3) is 5.91 Å². The van der Waals surface area contributed by atoms with Crippen LogP contribution in [0.3, 0.4) is 0 Å². The molecule has 0 unspecified atom stereocenters. The molecule has 4 heteroatoms. The highest BCUT2D eigenvalue weighted by molar-refractivity contribution is 6.12. The van der Waals surface area contributed by atoms with E-state index in [1.54, 1.807) is 30.5 Å². The average molecular weight is 337 g/mol. The molecule has 0 radical (unpaired) electrons. The van der Waals surface area contributed by atoms with Crippen LogP contribution in [0.25, 0.3) is 0 Å². The van der Waals surface area contributed by atoms with E-state index >= 15 is 0 Å². The first-order chi connectivity index (χ1) is 11.9. The molecule has 1 aliphatic heterocycles. The van der Waals surface area contributed by atoms with Gasteiger partial charge in [0, 0.05) is 23.2 Å². The van der Waals surface area contributed by atoms with Crippen molar-refractivity contribution in [2.24, 2.45) is 5.41 Å². The predicted octanol–water partition coefficient (Wildman–Crippen LogP) is 3.82. The minimum Gasteiger partial charge on any atom is -0.497 e. The molecule has 1 aromatic carbocycles. The summed E-state index contributed by atoms with van der Waals surface area (Å²) in [6, 6.07) is 6.83. The summed E-state index contributed by atoms with van der Waals surface area (Å²) in [6.07, 6.45) is 6.36. The summed E-state index contributed by atoms with van der Waals surface area (Å²) in [5, 5.41) is 2.75. The highest BCUT2D eigenvalue weighted by atomic mass is 16.5. The first-order valence-electron chi connectivity index (χ1n) is 8.59. The second-order valence-electron chi connectivity index (χ2n) is 6.98. The first-order valence-corrected chi connectivity index (χ1v) is 8.59. The first kappa shape index (κ1) is 17.2. The molecule has 1 aliphatic carbocycles. The standard InChI is InChI=1S/C21H23NO3/c1-4-22-20(24)15-7-5-14(6-8-15)19(23)17-9-11-21(2,3)18-13-25-12-10-16(17)18/h5-10,12H,4,11,13H2,1-3H3,(H,22,24). The minimum absolute atomic E-state index is 0.00796. The lowest BCUT2D eigenvalue weighted by Crippen LogP contribution is -2.26. The van der Waals surface area contributed by atoms with Crippen molar-refractivity contribution in [2.45, 2.75) is 27.2 Å². The molecule has 4 nitrogen and oxygen atoms in total. The van der Waals surface area contributed by atoms with E-state index in [0.29, 0.717) is 24.3 Å². The quantitative estimate of drug-likeness (QED) is 0.850. The van der Waals surface area contributed by atoms with Crippen molar-refractivity contribution >= 4 is 11.7 Å². The number of ketones is 1. The van der Waals surface area contributed by atoms with Crippen molar-refractivity contribution < 1.29 is 14.3 Å². The van der Waals surface area contributed by atoms with E-state index in [0.717, 1.165) is 17.6 Å². The van der Waals surface area contributed by atoms with Crippen LogP contribution in [0.5, 0.6) is 0 Å². The smallest absolute Gasteiger partial charge is 0.251 e. The molecular formula is C21H23NO3. The largest absolute Gasteiger partial charge is 0.497 e. The lowest BCUT2D eigenvalue weighted by molar-refractivity contribution is 0.0954. The molecule has 0 saturated heterocycles. The number of hydrogen-bond acceptors (Lipinski definition) is 3. The molecule has 0 spiro atoms. The number of ether oxygens (including phenoxy) is 1. The molecule has 25 heavy (non-hydrogen) atoms. The SMILES string of the molecule is CCNC(=O)c1ccc(C(=O)C2=CCC(C)(C)C3=C2C=COC3)cc1. The van der Waals surface area contributed by atoms with E-state index in [1.807, 2.05) is 19.1 Å². The van der Waals surface area contributed by atoms with Crippen LogP contribution >= 0.6 is 0 Å². The Labute approximate surface area is 148 Å². The van der Waals surface area contributed by atoms with E-state index in [2.05, 4.69) is 19.2 Å². The van der Waals surface area contributed by atoms with Crippen LogP contribution in [-0.2, 0) is 4.74 Å². The average Bonchev–Trinajstić information content (AvgIpc) is 2.62. The van der Waals surface area contributed by atoms with Gasteiger partial charge in [0.15, 0.2) is 5.78 Å². The van der Waals surface area contributed by atoms with Crippen LogP contribution in [0.4, 0.5) is 0 Å². The van der Waals surface area contributed by atoms with Gasteiger partial charge in [-0.25, -0.2) is 0 Å². The summed E-state index contributed by atoms with van der Waals surface area (Å²) in [4.78, 5) is 24.8. The summed E-state index contributed by atoms with van der Waals surface area (Å²) in [5.74, 6) is -0.144. The maximum atomic E-state index is 13.0.